The first-order chi connectivity index (χ1) is 9.06. The molecular weight excluding hydrogens is 256 g/mol. The first-order valence-electron chi connectivity index (χ1n) is 6.07. The van der Waals surface area contributed by atoms with Crippen molar-refractivity contribution in [2.24, 2.45) is 0 Å². The smallest absolute Gasteiger partial charge is 0.270 e. The van der Waals surface area contributed by atoms with Crippen LogP contribution in [0.25, 0.3) is 0 Å². The van der Waals surface area contributed by atoms with E-state index in [2.05, 4.69) is 10.6 Å². The van der Waals surface area contributed by atoms with Crippen LogP contribution in [0, 0.1) is 10.1 Å². The monoisotopic (exact) mass is 273 g/mol. The molecule has 0 bridgehead atoms. The number of alkyl halides is 2. The highest BCUT2D eigenvalue weighted by Crippen LogP contribution is 2.30. The van der Waals surface area contributed by atoms with Gasteiger partial charge in [-0.1, -0.05) is 6.92 Å². The van der Waals surface area contributed by atoms with E-state index >= 15 is 0 Å². The standard InChI is InChI=1S/C12H17F2N3O2/c1-2-5-15-6-7-16-11-4-3-9(17(18)19)8-10(11)12(13)14/h3-4,8,12,15-16H,2,5-7H2,1H3. The summed E-state index contributed by atoms with van der Waals surface area (Å²) >= 11 is 0. The van der Waals surface area contributed by atoms with Crippen LogP contribution in [0.15, 0.2) is 18.2 Å². The lowest BCUT2D eigenvalue weighted by Crippen LogP contribution is -2.23. The van der Waals surface area contributed by atoms with Crippen molar-refractivity contribution in [3.05, 3.63) is 33.9 Å². The van der Waals surface area contributed by atoms with Gasteiger partial charge in [-0.15, -0.1) is 0 Å². The molecular formula is C12H17F2N3O2. The third-order valence-electron chi connectivity index (χ3n) is 2.53. The van der Waals surface area contributed by atoms with Crippen LogP contribution in [0.2, 0.25) is 0 Å². The van der Waals surface area contributed by atoms with E-state index in [1.165, 1.54) is 12.1 Å². The Morgan fingerprint density at radius 3 is 2.63 bits per heavy atom. The molecule has 2 N–H and O–H groups in total. The molecule has 0 heterocycles. The van der Waals surface area contributed by atoms with Crippen molar-refractivity contribution < 1.29 is 13.7 Å². The minimum Gasteiger partial charge on any atom is -0.383 e. The van der Waals surface area contributed by atoms with Crippen LogP contribution in [0.4, 0.5) is 20.2 Å². The highest BCUT2D eigenvalue weighted by atomic mass is 19.3. The Kier molecular flexibility index (Phi) is 6.14. The minimum atomic E-state index is -2.74. The molecule has 0 aromatic heterocycles. The molecule has 1 rings (SSSR count). The number of benzene rings is 1. The molecule has 5 nitrogen and oxygen atoms in total. The predicted octanol–water partition coefficient (Wildman–Crippen LogP) is 2.94. The SMILES string of the molecule is CCCNCCNc1ccc([N+](=O)[O-])cc1C(F)F. The number of hydrogen-bond acceptors (Lipinski definition) is 4. The predicted molar refractivity (Wildman–Crippen MR) is 69.7 cm³/mol. The first kappa shape index (κ1) is 15.3. The lowest BCUT2D eigenvalue weighted by atomic mass is 10.1. The molecule has 0 unspecified atom stereocenters. The van der Waals surface area contributed by atoms with Gasteiger partial charge in [0.1, 0.15) is 0 Å². The van der Waals surface area contributed by atoms with Crippen molar-refractivity contribution in [1.82, 2.24) is 5.32 Å². The molecule has 0 fully saturated rings. The third-order valence-corrected chi connectivity index (χ3v) is 2.53. The van der Waals surface area contributed by atoms with E-state index in [0.717, 1.165) is 19.0 Å². The second kappa shape index (κ2) is 7.63. The summed E-state index contributed by atoms with van der Waals surface area (Å²) in [6.45, 7) is 4.03. The lowest BCUT2D eigenvalue weighted by molar-refractivity contribution is -0.385. The van der Waals surface area contributed by atoms with Crippen molar-refractivity contribution in [1.29, 1.82) is 0 Å². The topological polar surface area (TPSA) is 67.2 Å². The molecule has 0 aliphatic rings. The number of nitrogens with zero attached hydrogens (tertiary/aromatic N) is 1. The van der Waals surface area contributed by atoms with Crippen LogP contribution < -0.4 is 10.6 Å². The summed E-state index contributed by atoms with van der Waals surface area (Å²) in [5.74, 6) is 0. The molecule has 0 saturated heterocycles. The number of non-ortho nitro benzene ring substituents is 1. The second-order valence-corrected chi connectivity index (χ2v) is 4.01. The van der Waals surface area contributed by atoms with Gasteiger partial charge in [-0.05, 0) is 19.0 Å². The van der Waals surface area contributed by atoms with Crippen molar-refractivity contribution in [3.8, 4) is 0 Å². The zero-order valence-corrected chi connectivity index (χ0v) is 10.7. The summed E-state index contributed by atoms with van der Waals surface area (Å²) in [7, 11) is 0. The van der Waals surface area contributed by atoms with E-state index in [0.29, 0.717) is 13.1 Å². The minimum absolute atomic E-state index is 0.235. The Balaban J connectivity index is 2.69. The lowest BCUT2D eigenvalue weighted by Gasteiger charge is -2.11. The zero-order chi connectivity index (χ0) is 14.3. The molecule has 0 saturated carbocycles. The Morgan fingerprint density at radius 2 is 2.05 bits per heavy atom. The Labute approximate surface area is 110 Å². The maximum Gasteiger partial charge on any atom is 0.270 e. The molecule has 0 aliphatic carbocycles. The third kappa shape index (κ3) is 4.78. The van der Waals surface area contributed by atoms with Crippen LogP contribution in [0.3, 0.4) is 0 Å². The molecule has 106 valence electrons. The van der Waals surface area contributed by atoms with Crippen molar-refractivity contribution in [2.45, 2.75) is 19.8 Å². The van der Waals surface area contributed by atoms with Crippen LogP contribution in [-0.4, -0.2) is 24.6 Å². The molecule has 1 aromatic carbocycles. The van der Waals surface area contributed by atoms with Crippen molar-refractivity contribution >= 4 is 11.4 Å². The summed E-state index contributed by atoms with van der Waals surface area (Å²) in [6, 6.07) is 3.44. The molecule has 0 aliphatic heterocycles. The van der Waals surface area contributed by atoms with Crippen LogP contribution >= 0.6 is 0 Å². The Morgan fingerprint density at radius 1 is 1.32 bits per heavy atom. The van der Waals surface area contributed by atoms with Gasteiger partial charge in [0, 0.05) is 36.5 Å². The number of nitrogens with one attached hydrogen (secondary N) is 2. The maximum absolute atomic E-state index is 12.8. The highest BCUT2D eigenvalue weighted by molar-refractivity contribution is 5.56. The van der Waals surface area contributed by atoms with Gasteiger partial charge in [0.05, 0.1) is 4.92 Å². The fraction of sp³-hybridized carbons (Fsp3) is 0.500. The average Bonchev–Trinajstić information content (AvgIpc) is 2.38. The number of halogens is 2. The molecule has 0 spiro atoms. The molecule has 7 heteroatoms. The van der Waals surface area contributed by atoms with Crippen LogP contribution in [0.5, 0.6) is 0 Å². The van der Waals surface area contributed by atoms with Crippen LogP contribution in [-0.2, 0) is 0 Å². The maximum atomic E-state index is 12.8. The summed E-state index contributed by atoms with van der Waals surface area (Å²) in [5.41, 5.74) is -0.437. The average molecular weight is 273 g/mol. The van der Waals surface area contributed by atoms with Gasteiger partial charge < -0.3 is 10.6 Å². The van der Waals surface area contributed by atoms with Crippen LogP contribution in [0.1, 0.15) is 25.3 Å². The number of rotatable bonds is 8. The van der Waals surface area contributed by atoms with Gasteiger partial charge in [-0.3, -0.25) is 10.1 Å². The largest absolute Gasteiger partial charge is 0.383 e. The van der Waals surface area contributed by atoms with E-state index in [1.807, 2.05) is 6.92 Å². The summed E-state index contributed by atoms with van der Waals surface area (Å²) < 4.78 is 25.6. The van der Waals surface area contributed by atoms with Gasteiger partial charge in [0.25, 0.3) is 12.1 Å². The van der Waals surface area contributed by atoms with Gasteiger partial charge >= 0.3 is 0 Å². The Bertz CT molecular complexity index is 427. The molecule has 19 heavy (non-hydrogen) atoms. The van der Waals surface area contributed by atoms with E-state index < -0.39 is 11.3 Å². The number of hydrogen-bond donors (Lipinski definition) is 2. The van der Waals surface area contributed by atoms with E-state index in [1.54, 1.807) is 0 Å². The molecule has 1 aromatic rings. The summed E-state index contributed by atoms with van der Waals surface area (Å²) in [6.07, 6.45) is -1.74. The highest BCUT2D eigenvalue weighted by Gasteiger charge is 2.17. The molecule has 0 radical (unpaired) electrons. The van der Waals surface area contributed by atoms with Gasteiger partial charge in [-0.25, -0.2) is 8.78 Å². The van der Waals surface area contributed by atoms with Gasteiger partial charge in [-0.2, -0.15) is 0 Å². The fourth-order valence-electron chi connectivity index (χ4n) is 1.59. The molecule has 0 atom stereocenters. The summed E-state index contributed by atoms with van der Waals surface area (Å²) in [4.78, 5) is 9.87. The quantitative estimate of drug-likeness (QED) is 0.434. The van der Waals surface area contributed by atoms with E-state index in [4.69, 9.17) is 0 Å². The summed E-state index contributed by atoms with van der Waals surface area (Å²) in [5, 5.41) is 16.5. The van der Waals surface area contributed by atoms with Gasteiger partial charge in [0.15, 0.2) is 0 Å². The Hall–Kier alpha value is -1.76. The number of nitro groups is 1. The normalized spacial score (nSPS) is 10.7. The zero-order valence-electron chi connectivity index (χ0n) is 10.7. The van der Waals surface area contributed by atoms with Gasteiger partial charge in [0.2, 0.25) is 0 Å². The van der Waals surface area contributed by atoms with Crippen molar-refractivity contribution in [3.63, 3.8) is 0 Å². The van der Waals surface area contributed by atoms with E-state index in [9.17, 15) is 18.9 Å². The number of anilines is 1. The number of nitro benzene ring substituents is 1. The first-order valence-corrected chi connectivity index (χ1v) is 6.07. The van der Waals surface area contributed by atoms with E-state index in [-0.39, 0.29) is 16.9 Å². The van der Waals surface area contributed by atoms with Crippen molar-refractivity contribution in [2.75, 3.05) is 25.0 Å². The second-order valence-electron chi connectivity index (χ2n) is 4.01. The molecule has 0 amide bonds. The fourth-order valence-corrected chi connectivity index (χ4v) is 1.59.